The quantitative estimate of drug-likeness (QED) is 0.573. The summed E-state index contributed by atoms with van der Waals surface area (Å²) in [6.07, 6.45) is 3.77. The second-order valence-electron chi connectivity index (χ2n) is 7.73. The number of Topliss-reactive ketones (excluding diaryl/α,β-unsaturated/α-hetero) is 1. The Labute approximate surface area is 166 Å². The summed E-state index contributed by atoms with van der Waals surface area (Å²) in [7, 11) is 0. The van der Waals surface area contributed by atoms with Crippen molar-refractivity contribution in [3.63, 3.8) is 0 Å². The zero-order valence-electron chi connectivity index (χ0n) is 15.7. The molecule has 2 heterocycles. The molecule has 3 atom stereocenters. The average Bonchev–Trinajstić information content (AvgIpc) is 3.07. The summed E-state index contributed by atoms with van der Waals surface area (Å²) >= 11 is 0. The summed E-state index contributed by atoms with van der Waals surface area (Å²) in [5.41, 5.74) is 4.56. The summed E-state index contributed by atoms with van der Waals surface area (Å²) in [5.74, 6) is 0.652. The average molecular weight is 365 g/mol. The van der Waals surface area contributed by atoms with Gasteiger partial charge in [0.2, 0.25) is 0 Å². The molecule has 2 heteroatoms. The molecule has 2 bridgehead atoms. The van der Waals surface area contributed by atoms with E-state index < -0.39 is 0 Å². The minimum Gasteiger partial charge on any atom is -0.357 e. The predicted molar refractivity (Wildman–Crippen MR) is 114 cm³/mol. The molecule has 3 unspecified atom stereocenters. The van der Waals surface area contributed by atoms with E-state index in [4.69, 9.17) is 0 Å². The molecular weight excluding hydrogens is 342 g/mol. The third-order valence-electron chi connectivity index (χ3n) is 6.11. The topological polar surface area (TPSA) is 20.3 Å². The molecule has 0 aliphatic carbocycles. The number of para-hydroxylation sites is 1. The van der Waals surface area contributed by atoms with E-state index in [0.717, 1.165) is 29.7 Å². The fraction of sp³-hybridized carbons (Fsp3) is 0.192. The van der Waals surface area contributed by atoms with Gasteiger partial charge in [-0.05, 0) is 47.8 Å². The Bertz CT molecular complexity index is 994. The lowest BCUT2D eigenvalue weighted by molar-refractivity contribution is -0.117. The highest BCUT2D eigenvalue weighted by atomic mass is 16.1. The highest BCUT2D eigenvalue weighted by Gasteiger charge is 2.49. The number of carbonyl (C=O) groups excluding carboxylic acids is 1. The number of benzene rings is 3. The fourth-order valence-electron chi connectivity index (χ4n) is 4.86. The van der Waals surface area contributed by atoms with E-state index in [2.05, 4.69) is 77.7 Å². The largest absolute Gasteiger partial charge is 0.357 e. The number of fused-ring (bicyclic) bond motifs is 2. The first kappa shape index (κ1) is 17.0. The first-order valence-corrected chi connectivity index (χ1v) is 9.99. The Balaban J connectivity index is 1.56. The number of rotatable bonds is 3. The standard InChI is InChI=1S/C26H23NO/c28-26-21(16-19-10-4-1-5-11-19)17-24-23(20-12-6-2-7-13-20)18-25(26)27(24)22-14-8-3-9-15-22/h1-16,23-25H,17-18H2. The van der Waals surface area contributed by atoms with Crippen LogP contribution in [0.4, 0.5) is 5.69 Å². The van der Waals surface area contributed by atoms with Crippen LogP contribution in [0.3, 0.4) is 0 Å². The van der Waals surface area contributed by atoms with Gasteiger partial charge in [0.1, 0.15) is 0 Å². The van der Waals surface area contributed by atoms with Gasteiger partial charge in [-0.15, -0.1) is 0 Å². The second kappa shape index (κ2) is 7.12. The Morgan fingerprint density at radius 1 is 0.786 bits per heavy atom. The van der Waals surface area contributed by atoms with Gasteiger partial charge in [-0.25, -0.2) is 0 Å². The molecule has 0 saturated carbocycles. The lowest BCUT2D eigenvalue weighted by atomic mass is 9.88. The maximum atomic E-state index is 13.4. The van der Waals surface area contributed by atoms with Gasteiger partial charge < -0.3 is 4.90 Å². The summed E-state index contributed by atoms with van der Waals surface area (Å²) < 4.78 is 0. The van der Waals surface area contributed by atoms with Crippen molar-refractivity contribution < 1.29 is 4.79 Å². The number of hydrogen-bond acceptors (Lipinski definition) is 2. The number of carbonyl (C=O) groups is 1. The maximum Gasteiger partial charge on any atom is 0.181 e. The van der Waals surface area contributed by atoms with Crippen LogP contribution in [0, 0.1) is 0 Å². The van der Waals surface area contributed by atoms with Gasteiger partial charge in [-0.3, -0.25) is 4.79 Å². The summed E-state index contributed by atoms with van der Waals surface area (Å²) in [6.45, 7) is 0. The monoisotopic (exact) mass is 365 g/mol. The van der Waals surface area contributed by atoms with Crippen molar-refractivity contribution in [3.8, 4) is 0 Å². The Hall–Kier alpha value is -3.13. The van der Waals surface area contributed by atoms with Crippen LogP contribution in [0.15, 0.2) is 96.6 Å². The van der Waals surface area contributed by atoms with Crippen molar-refractivity contribution in [2.24, 2.45) is 0 Å². The SMILES string of the molecule is O=C1C(=Cc2ccccc2)CC2C(c3ccccc3)CC1N2c1ccccc1. The molecule has 0 aromatic heterocycles. The molecule has 138 valence electrons. The number of anilines is 1. The Morgan fingerprint density at radius 3 is 2.07 bits per heavy atom. The molecular formula is C26H23NO. The van der Waals surface area contributed by atoms with Crippen molar-refractivity contribution in [2.75, 3.05) is 4.90 Å². The third kappa shape index (κ3) is 2.95. The van der Waals surface area contributed by atoms with Crippen molar-refractivity contribution in [2.45, 2.75) is 30.8 Å². The summed E-state index contributed by atoms with van der Waals surface area (Å²) in [5, 5.41) is 0. The van der Waals surface area contributed by atoms with Gasteiger partial charge in [0.15, 0.2) is 5.78 Å². The molecule has 0 N–H and O–H groups in total. The summed E-state index contributed by atoms with van der Waals surface area (Å²) in [6, 6.07) is 31.5. The Kier molecular flexibility index (Phi) is 4.32. The van der Waals surface area contributed by atoms with Crippen LogP contribution in [0.5, 0.6) is 0 Å². The number of hydrogen-bond donors (Lipinski definition) is 0. The molecule has 0 radical (unpaired) electrons. The molecule has 2 nitrogen and oxygen atoms in total. The minimum atomic E-state index is -0.0821. The first-order chi connectivity index (χ1) is 13.8. The first-order valence-electron chi connectivity index (χ1n) is 9.99. The van der Waals surface area contributed by atoms with E-state index in [1.54, 1.807) is 0 Å². The van der Waals surface area contributed by atoms with Crippen molar-refractivity contribution in [1.29, 1.82) is 0 Å². The van der Waals surface area contributed by atoms with E-state index in [1.807, 2.05) is 24.3 Å². The normalized spacial score (nSPS) is 25.3. The van der Waals surface area contributed by atoms with Crippen LogP contribution in [-0.2, 0) is 4.79 Å². The molecule has 28 heavy (non-hydrogen) atoms. The van der Waals surface area contributed by atoms with Crippen LogP contribution in [0.25, 0.3) is 6.08 Å². The molecule has 0 amide bonds. The van der Waals surface area contributed by atoms with Crippen molar-refractivity contribution >= 4 is 17.5 Å². The number of ketones is 1. The molecule has 5 rings (SSSR count). The van der Waals surface area contributed by atoms with Gasteiger partial charge >= 0.3 is 0 Å². The van der Waals surface area contributed by atoms with Crippen LogP contribution < -0.4 is 4.90 Å². The van der Waals surface area contributed by atoms with Gasteiger partial charge in [-0.2, -0.15) is 0 Å². The second-order valence-corrected chi connectivity index (χ2v) is 7.73. The lowest BCUT2D eigenvalue weighted by Gasteiger charge is -2.38. The lowest BCUT2D eigenvalue weighted by Crippen LogP contribution is -2.47. The molecule has 2 aliphatic rings. The molecule has 3 aromatic rings. The van der Waals surface area contributed by atoms with Gasteiger partial charge in [0, 0.05) is 17.6 Å². The molecule has 3 aromatic carbocycles. The fourth-order valence-corrected chi connectivity index (χ4v) is 4.86. The van der Waals surface area contributed by atoms with Crippen molar-refractivity contribution in [1.82, 2.24) is 0 Å². The van der Waals surface area contributed by atoms with E-state index in [-0.39, 0.29) is 11.8 Å². The highest BCUT2D eigenvalue weighted by Crippen LogP contribution is 2.47. The van der Waals surface area contributed by atoms with Crippen LogP contribution in [0.1, 0.15) is 29.9 Å². The molecule has 2 saturated heterocycles. The highest BCUT2D eigenvalue weighted by molar-refractivity contribution is 6.07. The summed E-state index contributed by atoms with van der Waals surface area (Å²) in [4.78, 5) is 15.8. The van der Waals surface area contributed by atoms with Gasteiger partial charge in [-0.1, -0.05) is 78.9 Å². The smallest absolute Gasteiger partial charge is 0.181 e. The van der Waals surface area contributed by atoms with Gasteiger partial charge in [0.25, 0.3) is 0 Å². The van der Waals surface area contributed by atoms with Crippen LogP contribution in [-0.4, -0.2) is 17.9 Å². The molecule has 2 aliphatic heterocycles. The van der Waals surface area contributed by atoms with E-state index in [9.17, 15) is 4.79 Å². The van der Waals surface area contributed by atoms with Crippen LogP contribution in [0.2, 0.25) is 0 Å². The molecule has 2 fully saturated rings. The van der Waals surface area contributed by atoms with E-state index >= 15 is 0 Å². The zero-order valence-corrected chi connectivity index (χ0v) is 15.7. The van der Waals surface area contributed by atoms with Crippen LogP contribution >= 0.6 is 0 Å². The maximum absolute atomic E-state index is 13.4. The zero-order chi connectivity index (χ0) is 18.9. The van der Waals surface area contributed by atoms with Crippen molar-refractivity contribution in [3.05, 3.63) is 108 Å². The number of nitrogens with zero attached hydrogens (tertiary/aromatic N) is 1. The van der Waals surface area contributed by atoms with Gasteiger partial charge in [0.05, 0.1) is 6.04 Å². The Morgan fingerprint density at radius 2 is 1.39 bits per heavy atom. The third-order valence-corrected chi connectivity index (χ3v) is 6.11. The minimum absolute atomic E-state index is 0.0821. The van der Waals surface area contributed by atoms with E-state index in [1.165, 1.54) is 5.56 Å². The molecule has 0 spiro atoms. The number of piperidine rings is 1. The predicted octanol–water partition coefficient (Wildman–Crippen LogP) is 5.47. The van der Waals surface area contributed by atoms with E-state index in [0.29, 0.717) is 12.0 Å².